The van der Waals surface area contributed by atoms with Crippen molar-refractivity contribution in [2.24, 2.45) is 0 Å². The fraction of sp³-hybridized carbons (Fsp3) is 0.700. The van der Waals surface area contributed by atoms with Gasteiger partial charge in [0, 0.05) is 38.4 Å². The molecule has 158 valence electrons. The fourth-order valence-corrected chi connectivity index (χ4v) is 4.88. The molecule has 4 rings (SSSR count). The third-order valence-corrected chi connectivity index (χ3v) is 6.57. The summed E-state index contributed by atoms with van der Waals surface area (Å²) in [6.45, 7) is 1.36. The summed E-state index contributed by atoms with van der Waals surface area (Å²) in [6.07, 6.45) is 9.96. The molecule has 3 heterocycles. The first kappa shape index (κ1) is 19.9. The quantitative estimate of drug-likeness (QED) is 0.715. The van der Waals surface area contributed by atoms with Gasteiger partial charge in [-0.1, -0.05) is 12.8 Å². The van der Waals surface area contributed by atoms with Crippen molar-refractivity contribution in [2.75, 3.05) is 19.6 Å². The van der Waals surface area contributed by atoms with E-state index in [1.54, 1.807) is 17.4 Å². The minimum atomic E-state index is -0.690. The second-order valence-corrected chi connectivity index (χ2v) is 8.38. The molecule has 0 radical (unpaired) electrons. The van der Waals surface area contributed by atoms with Gasteiger partial charge < -0.3 is 19.9 Å². The molecule has 0 unspecified atom stereocenters. The molecule has 1 aliphatic carbocycles. The van der Waals surface area contributed by atoms with Crippen molar-refractivity contribution in [2.45, 2.75) is 69.1 Å². The first-order chi connectivity index (χ1) is 14.0. The predicted molar refractivity (Wildman–Crippen MR) is 104 cm³/mol. The van der Waals surface area contributed by atoms with Crippen LogP contribution in [-0.4, -0.2) is 73.6 Å². The number of nitrogens with one attached hydrogen (secondary N) is 1. The normalized spacial score (nSPS) is 26.8. The number of imidazole rings is 1. The first-order valence-corrected chi connectivity index (χ1v) is 10.6. The number of carbonyl (C=O) groups excluding carboxylic acids is 3. The maximum absolute atomic E-state index is 12.7. The lowest BCUT2D eigenvalue weighted by Gasteiger charge is -2.22. The molecule has 2 atom stereocenters. The number of aliphatic hydroxyl groups is 1. The lowest BCUT2D eigenvalue weighted by molar-refractivity contribution is -0.133. The van der Waals surface area contributed by atoms with E-state index in [2.05, 4.69) is 10.3 Å². The Morgan fingerprint density at radius 1 is 1.24 bits per heavy atom. The SMILES string of the molecule is O=C(CCCN1C(=O)NC2(CCCC2)C1=O)N1CC[C@H](O)[C@@H](n2ccnc2)CC1. The molecule has 1 saturated carbocycles. The van der Waals surface area contributed by atoms with Crippen LogP contribution < -0.4 is 5.32 Å². The smallest absolute Gasteiger partial charge is 0.325 e. The Balaban J connectivity index is 1.27. The van der Waals surface area contributed by atoms with Crippen LogP contribution in [0.3, 0.4) is 0 Å². The van der Waals surface area contributed by atoms with Crippen molar-refractivity contribution in [3.05, 3.63) is 18.7 Å². The van der Waals surface area contributed by atoms with Gasteiger partial charge in [-0.25, -0.2) is 9.78 Å². The molecule has 2 saturated heterocycles. The van der Waals surface area contributed by atoms with E-state index in [0.717, 1.165) is 12.8 Å². The van der Waals surface area contributed by atoms with Gasteiger partial charge in [0.25, 0.3) is 5.91 Å². The third kappa shape index (κ3) is 3.88. The van der Waals surface area contributed by atoms with Gasteiger partial charge in [-0.3, -0.25) is 14.5 Å². The Kier molecular flexibility index (Phi) is 5.58. The Labute approximate surface area is 170 Å². The van der Waals surface area contributed by atoms with Crippen LogP contribution in [0.1, 0.15) is 57.4 Å². The minimum absolute atomic E-state index is 0.00566. The molecule has 3 fully saturated rings. The van der Waals surface area contributed by atoms with E-state index in [1.165, 1.54) is 4.90 Å². The average Bonchev–Trinajstić information content (AvgIpc) is 3.41. The molecule has 1 aromatic rings. The van der Waals surface area contributed by atoms with Crippen LogP contribution >= 0.6 is 0 Å². The number of rotatable bonds is 5. The lowest BCUT2D eigenvalue weighted by atomic mass is 9.98. The average molecular weight is 403 g/mol. The maximum atomic E-state index is 12.7. The van der Waals surface area contributed by atoms with Crippen LogP contribution in [0.2, 0.25) is 0 Å². The van der Waals surface area contributed by atoms with Crippen LogP contribution in [0.4, 0.5) is 4.79 Å². The fourth-order valence-electron chi connectivity index (χ4n) is 4.88. The van der Waals surface area contributed by atoms with E-state index in [9.17, 15) is 19.5 Å². The van der Waals surface area contributed by atoms with Crippen LogP contribution in [-0.2, 0) is 9.59 Å². The number of imide groups is 1. The van der Waals surface area contributed by atoms with Crippen molar-refractivity contribution in [1.82, 2.24) is 24.7 Å². The number of amides is 4. The van der Waals surface area contributed by atoms with E-state index in [4.69, 9.17) is 0 Å². The number of hydrogen-bond donors (Lipinski definition) is 2. The second kappa shape index (κ2) is 8.14. The highest BCUT2D eigenvalue weighted by molar-refractivity contribution is 6.07. The van der Waals surface area contributed by atoms with Crippen molar-refractivity contribution in [3.8, 4) is 0 Å². The standard InChI is InChI=1S/C20H29N5O4/c26-16-6-12-23(11-5-15(16)24-13-9-21-14-24)17(27)4-3-10-25-18(28)20(22-19(25)29)7-1-2-8-20/h9,13-16,26H,1-8,10-12H2,(H,22,29)/t15-,16-/m0/s1. The van der Waals surface area contributed by atoms with Gasteiger partial charge in [0.1, 0.15) is 5.54 Å². The monoisotopic (exact) mass is 403 g/mol. The lowest BCUT2D eigenvalue weighted by Crippen LogP contribution is -2.44. The van der Waals surface area contributed by atoms with Gasteiger partial charge in [-0.2, -0.15) is 0 Å². The highest BCUT2D eigenvalue weighted by atomic mass is 16.3. The number of hydrogen-bond acceptors (Lipinski definition) is 5. The van der Waals surface area contributed by atoms with Crippen molar-refractivity contribution in [1.29, 1.82) is 0 Å². The van der Waals surface area contributed by atoms with E-state index < -0.39 is 11.6 Å². The number of likely N-dealkylation sites (tertiary alicyclic amines) is 1. The van der Waals surface area contributed by atoms with Crippen LogP contribution in [0.5, 0.6) is 0 Å². The molecule has 0 bridgehead atoms. The third-order valence-electron chi connectivity index (χ3n) is 6.57. The van der Waals surface area contributed by atoms with Gasteiger partial charge in [0.15, 0.2) is 0 Å². The Morgan fingerprint density at radius 3 is 2.72 bits per heavy atom. The molecule has 9 nitrogen and oxygen atoms in total. The number of carbonyl (C=O) groups is 3. The Hall–Kier alpha value is -2.42. The number of nitrogens with zero attached hydrogens (tertiary/aromatic N) is 4. The van der Waals surface area contributed by atoms with Gasteiger partial charge >= 0.3 is 6.03 Å². The Morgan fingerprint density at radius 2 is 2.00 bits per heavy atom. The molecule has 1 aromatic heterocycles. The molecule has 2 aliphatic heterocycles. The number of aromatic nitrogens is 2. The van der Waals surface area contributed by atoms with Crippen LogP contribution in [0.25, 0.3) is 0 Å². The molecule has 1 spiro atoms. The van der Waals surface area contributed by atoms with Gasteiger partial charge in [0.05, 0.1) is 18.5 Å². The summed E-state index contributed by atoms with van der Waals surface area (Å²) < 4.78 is 1.90. The zero-order valence-electron chi connectivity index (χ0n) is 16.6. The van der Waals surface area contributed by atoms with Crippen LogP contribution in [0.15, 0.2) is 18.7 Å². The van der Waals surface area contributed by atoms with E-state index >= 15 is 0 Å². The number of urea groups is 1. The van der Waals surface area contributed by atoms with E-state index in [0.29, 0.717) is 45.2 Å². The molecule has 29 heavy (non-hydrogen) atoms. The zero-order valence-corrected chi connectivity index (χ0v) is 16.6. The molecule has 4 amide bonds. The molecule has 3 aliphatic rings. The van der Waals surface area contributed by atoms with E-state index in [1.807, 2.05) is 10.8 Å². The topological polar surface area (TPSA) is 108 Å². The summed E-state index contributed by atoms with van der Waals surface area (Å²) in [5.41, 5.74) is -0.690. The number of aliphatic hydroxyl groups excluding tert-OH is 1. The molecule has 9 heteroatoms. The van der Waals surface area contributed by atoms with E-state index in [-0.39, 0.29) is 36.9 Å². The largest absolute Gasteiger partial charge is 0.391 e. The molecular weight excluding hydrogens is 374 g/mol. The summed E-state index contributed by atoms with van der Waals surface area (Å²) in [5.74, 6) is -0.125. The predicted octanol–water partition coefficient (Wildman–Crippen LogP) is 1.05. The van der Waals surface area contributed by atoms with Crippen molar-refractivity contribution in [3.63, 3.8) is 0 Å². The van der Waals surface area contributed by atoms with Crippen molar-refractivity contribution >= 4 is 17.8 Å². The molecule has 2 N–H and O–H groups in total. The summed E-state index contributed by atoms with van der Waals surface area (Å²) in [5, 5.41) is 13.3. The van der Waals surface area contributed by atoms with Gasteiger partial charge in [-0.05, 0) is 32.1 Å². The zero-order chi connectivity index (χ0) is 20.4. The highest BCUT2D eigenvalue weighted by Crippen LogP contribution is 2.35. The summed E-state index contributed by atoms with van der Waals surface area (Å²) in [7, 11) is 0. The van der Waals surface area contributed by atoms with Gasteiger partial charge in [-0.15, -0.1) is 0 Å². The summed E-state index contributed by atoms with van der Waals surface area (Å²) in [6, 6.07) is -0.408. The summed E-state index contributed by atoms with van der Waals surface area (Å²) in [4.78, 5) is 44.6. The van der Waals surface area contributed by atoms with Crippen LogP contribution in [0, 0.1) is 0 Å². The second-order valence-electron chi connectivity index (χ2n) is 8.38. The molecular formula is C20H29N5O4. The highest BCUT2D eigenvalue weighted by Gasteiger charge is 2.52. The maximum Gasteiger partial charge on any atom is 0.325 e. The van der Waals surface area contributed by atoms with Crippen molar-refractivity contribution < 1.29 is 19.5 Å². The first-order valence-electron chi connectivity index (χ1n) is 10.6. The Bertz CT molecular complexity index is 759. The minimum Gasteiger partial charge on any atom is -0.391 e. The molecule has 0 aromatic carbocycles. The van der Waals surface area contributed by atoms with Gasteiger partial charge in [0.2, 0.25) is 5.91 Å². The summed E-state index contributed by atoms with van der Waals surface area (Å²) >= 11 is 0.